The molecule has 1 heterocycles. The Morgan fingerprint density at radius 2 is 1.54 bits per heavy atom. The Morgan fingerprint density at radius 3 is 2.00 bits per heavy atom. The van der Waals surface area contributed by atoms with Gasteiger partial charge in [0.05, 0.1) is 34.6 Å². The summed E-state index contributed by atoms with van der Waals surface area (Å²) in [5.41, 5.74) is -0.518. The molecule has 41 heavy (non-hydrogen) atoms. The lowest BCUT2D eigenvalue weighted by Crippen LogP contribution is -2.55. The molecule has 2 rings (SSSR count). The number of hydrogen-bond donors (Lipinski definition) is 3. The third kappa shape index (κ3) is 10.3. The van der Waals surface area contributed by atoms with Crippen molar-refractivity contribution in [3.05, 3.63) is 51.2 Å². The normalized spacial score (nSPS) is 14.1. The van der Waals surface area contributed by atoms with Crippen LogP contribution in [0.2, 0.25) is 4.34 Å². The Morgan fingerprint density at radius 1 is 0.927 bits per heavy atom. The number of alkyl halides is 3. The number of ether oxygens (including phenoxy) is 2. The lowest BCUT2D eigenvalue weighted by atomic mass is 9.97. The van der Waals surface area contributed by atoms with Crippen molar-refractivity contribution < 1.29 is 41.8 Å². The Kier molecular flexibility index (Phi) is 11.7. The standard InChI is InChI=1S/C27H33ClF3N3O6S/c1-14(2)20(22(35)27(29,30)31)33-25(38)21(15-7-9-16(39-6)10-8-15)34-23(36)17(13-40-26(3,4)5)32-24(37)18-11-12-19(28)41-18/h7-12,14,17,20-21H,13H2,1-6H3,(H,32,37)(H,33,38)(H,34,36)/t17-,20+,21+/m1/s1. The zero-order valence-corrected chi connectivity index (χ0v) is 24.9. The van der Waals surface area contributed by atoms with Gasteiger partial charge in [-0.25, -0.2) is 0 Å². The summed E-state index contributed by atoms with van der Waals surface area (Å²) in [5, 5.41) is 7.17. The van der Waals surface area contributed by atoms with Crippen molar-refractivity contribution in [3.8, 4) is 5.75 Å². The number of rotatable bonds is 12. The molecular weight excluding hydrogens is 587 g/mol. The molecule has 0 fully saturated rings. The zero-order valence-electron chi connectivity index (χ0n) is 23.4. The monoisotopic (exact) mass is 619 g/mol. The molecule has 2 aromatic rings. The third-order valence-electron chi connectivity index (χ3n) is 5.63. The van der Waals surface area contributed by atoms with E-state index in [-0.39, 0.29) is 17.0 Å². The molecule has 0 spiro atoms. The Bertz CT molecular complexity index is 1230. The van der Waals surface area contributed by atoms with Gasteiger partial charge in [-0.1, -0.05) is 37.6 Å². The molecule has 14 heteroatoms. The first-order valence-corrected chi connectivity index (χ1v) is 13.7. The first-order chi connectivity index (χ1) is 18.9. The van der Waals surface area contributed by atoms with E-state index in [1.165, 1.54) is 57.4 Å². The minimum Gasteiger partial charge on any atom is -0.497 e. The summed E-state index contributed by atoms with van der Waals surface area (Å²) in [4.78, 5) is 51.9. The van der Waals surface area contributed by atoms with E-state index in [2.05, 4.69) is 16.0 Å². The minimum absolute atomic E-state index is 0.186. The number of hydrogen-bond acceptors (Lipinski definition) is 7. The van der Waals surface area contributed by atoms with Crippen molar-refractivity contribution in [1.29, 1.82) is 0 Å². The number of carbonyl (C=O) groups is 4. The molecule has 9 nitrogen and oxygen atoms in total. The molecule has 226 valence electrons. The van der Waals surface area contributed by atoms with Gasteiger partial charge >= 0.3 is 6.18 Å². The Balaban J connectivity index is 2.41. The highest BCUT2D eigenvalue weighted by Crippen LogP contribution is 2.24. The minimum atomic E-state index is -5.19. The molecule has 0 aliphatic carbocycles. The van der Waals surface area contributed by atoms with Gasteiger partial charge in [-0.2, -0.15) is 13.2 Å². The molecule has 1 aromatic heterocycles. The van der Waals surface area contributed by atoms with Crippen LogP contribution >= 0.6 is 22.9 Å². The van der Waals surface area contributed by atoms with Gasteiger partial charge in [-0.05, 0) is 56.5 Å². The van der Waals surface area contributed by atoms with E-state index >= 15 is 0 Å². The second-order valence-corrected chi connectivity index (χ2v) is 12.1. The second-order valence-electron chi connectivity index (χ2n) is 10.4. The van der Waals surface area contributed by atoms with Crippen molar-refractivity contribution in [3.63, 3.8) is 0 Å². The lowest BCUT2D eigenvalue weighted by Gasteiger charge is -2.28. The average molecular weight is 620 g/mol. The van der Waals surface area contributed by atoms with Gasteiger partial charge in [0.2, 0.25) is 11.8 Å². The van der Waals surface area contributed by atoms with Gasteiger partial charge in [0, 0.05) is 0 Å². The van der Waals surface area contributed by atoms with Crippen LogP contribution in [0, 0.1) is 5.92 Å². The van der Waals surface area contributed by atoms with Crippen molar-refractivity contribution >= 4 is 46.4 Å². The number of Topliss-reactive ketones (excluding diaryl/α,β-unsaturated/α-hetero) is 1. The van der Waals surface area contributed by atoms with E-state index in [0.717, 1.165) is 11.3 Å². The maximum Gasteiger partial charge on any atom is 0.452 e. The van der Waals surface area contributed by atoms with Crippen LogP contribution in [0.15, 0.2) is 36.4 Å². The van der Waals surface area contributed by atoms with Crippen LogP contribution < -0.4 is 20.7 Å². The topological polar surface area (TPSA) is 123 Å². The summed E-state index contributed by atoms with van der Waals surface area (Å²) in [6.07, 6.45) is -5.19. The van der Waals surface area contributed by atoms with E-state index in [1.54, 1.807) is 20.8 Å². The SMILES string of the molecule is COc1ccc([C@H](NC(=O)[C@@H](COC(C)(C)C)NC(=O)c2ccc(Cl)s2)C(=O)N[C@H](C(=O)C(F)(F)F)C(C)C)cc1. The van der Waals surface area contributed by atoms with E-state index < -0.39 is 59.3 Å². The van der Waals surface area contributed by atoms with Crippen LogP contribution in [0.4, 0.5) is 13.2 Å². The number of ketones is 1. The molecule has 0 saturated carbocycles. The Labute approximate surface area is 245 Å². The van der Waals surface area contributed by atoms with Crippen LogP contribution in [0.3, 0.4) is 0 Å². The predicted molar refractivity (Wildman–Crippen MR) is 148 cm³/mol. The number of thiophene rings is 1. The van der Waals surface area contributed by atoms with Crippen LogP contribution in [0.25, 0.3) is 0 Å². The lowest BCUT2D eigenvalue weighted by molar-refractivity contribution is -0.175. The molecule has 0 bridgehead atoms. The molecule has 1 aromatic carbocycles. The van der Waals surface area contributed by atoms with Crippen LogP contribution in [0.1, 0.15) is 55.9 Å². The van der Waals surface area contributed by atoms with Crippen molar-refractivity contribution in [2.75, 3.05) is 13.7 Å². The number of carbonyl (C=O) groups excluding carboxylic acids is 4. The van der Waals surface area contributed by atoms with Gasteiger partial charge in [0.1, 0.15) is 17.8 Å². The maximum absolute atomic E-state index is 13.5. The fraction of sp³-hybridized carbons (Fsp3) is 0.481. The number of halogens is 4. The number of benzene rings is 1. The highest BCUT2D eigenvalue weighted by molar-refractivity contribution is 7.18. The summed E-state index contributed by atoms with van der Waals surface area (Å²) in [6, 6.07) is 4.09. The molecule has 0 aliphatic rings. The Hall–Kier alpha value is -3.16. The largest absolute Gasteiger partial charge is 0.497 e. The smallest absolute Gasteiger partial charge is 0.452 e. The first kappa shape index (κ1) is 34.0. The van der Waals surface area contributed by atoms with Gasteiger partial charge in [-0.3, -0.25) is 19.2 Å². The quantitative estimate of drug-likeness (QED) is 0.323. The van der Waals surface area contributed by atoms with Gasteiger partial charge < -0.3 is 25.4 Å². The number of nitrogens with one attached hydrogen (secondary N) is 3. The van der Waals surface area contributed by atoms with E-state index in [4.69, 9.17) is 21.1 Å². The molecule has 3 amide bonds. The molecule has 0 radical (unpaired) electrons. The summed E-state index contributed by atoms with van der Waals surface area (Å²) >= 11 is 6.91. The number of amides is 3. The molecule has 3 atom stereocenters. The van der Waals surface area contributed by atoms with Crippen molar-refractivity contribution in [2.24, 2.45) is 5.92 Å². The molecule has 0 aliphatic heterocycles. The first-order valence-electron chi connectivity index (χ1n) is 12.5. The van der Waals surface area contributed by atoms with Crippen LogP contribution in [-0.2, 0) is 19.1 Å². The predicted octanol–water partition coefficient (Wildman–Crippen LogP) is 4.45. The maximum atomic E-state index is 13.5. The second kappa shape index (κ2) is 14.1. The van der Waals surface area contributed by atoms with Crippen LogP contribution in [-0.4, -0.2) is 61.1 Å². The van der Waals surface area contributed by atoms with Gasteiger partial charge in [0.25, 0.3) is 11.7 Å². The number of methoxy groups -OCH3 is 1. The van der Waals surface area contributed by atoms with Crippen molar-refractivity contribution in [1.82, 2.24) is 16.0 Å². The summed E-state index contributed by atoms with van der Waals surface area (Å²) in [6.45, 7) is 7.61. The molecule has 3 N–H and O–H groups in total. The van der Waals surface area contributed by atoms with Crippen molar-refractivity contribution in [2.45, 2.75) is 64.5 Å². The highest BCUT2D eigenvalue weighted by atomic mass is 35.5. The zero-order chi connectivity index (χ0) is 31.1. The molecular formula is C27H33ClF3N3O6S. The fourth-order valence-electron chi connectivity index (χ4n) is 3.47. The average Bonchev–Trinajstić information content (AvgIpc) is 3.32. The van der Waals surface area contributed by atoms with Gasteiger partial charge in [0.15, 0.2) is 0 Å². The van der Waals surface area contributed by atoms with E-state index in [0.29, 0.717) is 10.1 Å². The molecule has 0 saturated heterocycles. The summed E-state index contributed by atoms with van der Waals surface area (Å²) < 4.78 is 50.9. The van der Waals surface area contributed by atoms with Gasteiger partial charge in [-0.15, -0.1) is 11.3 Å². The molecule has 0 unspecified atom stereocenters. The van der Waals surface area contributed by atoms with Crippen LogP contribution in [0.5, 0.6) is 5.75 Å². The fourth-order valence-corrected chi connectivity index (χ4v) is 4.42. The highest BCUT2D eigenvalue weighted by Gasteiger charge is 2.45. The summed E-state index contributed by atoms with van der Waals surface area (Å²) in [5.74, 6) is -5.16. The third-order valence-corrected chi connectivity index (χ3v) is 6.86. The van der Waals surface area contributed by atoms with E-state index in [1.807, 2.05) is 0 Å². The summed E-state index contributed by atoms with van der Waals surface area (Å²) in [7, 11) is 1.42. The van der Waals surface area contributed by atoms with E-state index in [9.17, 15) is 32.3 Å².